The first-order valence-corrected chi connectivity index (χ1v) is 11.8. The molecule has 0 bridgehead atoms. The number of rotatable bonds is 7. The molecule has 3 heterocycles. The molecule has 8 heteroatoms. The summed E-state index contributed by atoms with van der Waals surface area (Å²) in [6.07, 6.45) is 0. The molecule has 0 saturated carbocycles. The van der Waals surface area contributed by atoms with E-state index in [1.54, 1.807) is 0 Å². The molecule has 0 aliphatic carbocycles. The topological polar surface area (TPSA) is 111 Å². The number of pyridine rings is 1. The van der Waals surface area contributed by atoms with E-state index < -0.39 is 0 Å². The van der Waals surface area contributed by atoms with Crippen molar-refractivity contribution in [2.45, 2.75) is 13.8 Å². The molecule has 35 heavy (non-hydrogen) atoms. The molecule has 1 amide bonds. The van der Waals surface area contributed by atoms with Crippen LogP contribution in [0.3, 0.4) is 0 Å². The summed E-state index contributed by atoms with van der Waals surface area (Å²) >= 11 is 0. The number of aromatic amines is 1. The van der Waals surface area contributed by atoms with Gasteiger partial charge in [0.15, 0.2) is 5.82 Å². The van der Waals surface area contributed by atoms with Gasteiger partial charge in [0.1, 0.15) is 11.5 Å². The second-order valence-electron chi connectivity index (χ2n) is 8.65. The maximum absolute atomic E-state index is 12.9. The molecule has 0 fully saturated rings. The van der Waals surface area contributed by atoms with Crippen molar-refractivity contribution < 1.29 is 4.79 Å². The predicted molar refractivity (Wildman–Crippen MR) is 144 cm³/mol. The van der Waals surface area contributed by atoms with Crippen molar-refractivity contribution >= 4 is 45.5 Å². The zero-order valence-electron chi connectivity index (χ0n) is 19.9. The molecule has 8 nitrogen and oxygen atoms in total. The maximum Gasteiger partial charge on any atom is 0.251 e. The summed E-state index contributed by atoms with van der Waals surface area (Å²) in [4.78, 5) is 27.6. The standard InChI is InChI=1S/C27H29N7O/c1-3-34(20-7-5-4-6-8-20)12-11-29-27(35)18-9-10-22-19(13-18)14-23(32-22)21-15-24(28)33-26-25(21)31-17(2)16-30-26/h4-10,13-15,32H,3,11-12,16H2,1-2H3,(H,29,35)(H3,28,30,33). The van der Waals surface area contributed by atoms with Crippen molar-refractivity contribution in [2.75, 3.05) is 42.1 Å². The van der Waals surface area contributed by atoms with Gasteiger partial charge in [-0.1, -0.05) is 18.2 Å². The van der Waals surface area contributed by atoms with Gasteiger partial charge in [-0.2, -0.15) is 0 Å². The number of nitrogen functional groups attached to an aromatic ring is 1. The summed E-state index contributed by atoms with van der Waals surface area (Å²) in [6, 6.07) is 19.7. The van der Waals surface area contributed by atoms with Gasteiger partial charge in [-0.25, -0.2) is 4.98 Å². The van der Waals surface area contributed by atoms with Crippen molar-refractivity contribution in [1.29, 1.82) is 0 Å². The van der Waals surface area contributed by atoms with Crippen molar-refractivity contribution in [3.63, 3.8) is 0 Å². The molecule has 0 atom stereocenters. The third-order valence-corrected chi connectivity index (χ3v) is 6.17. The highest BCUT2D eigenvalue weighted by Gasteiger charge is 2.18. The summed E-state index contributed by atoms with van der Waals surface area (Å²) in [7, 11) is 0. The Labute approximate surface area is 204 Å². The lowest BCUT2D eigenvalue weighted by Gasteiger charge is -2.23. The number of fused-ring (bicyclic) bond motifs is 2. The Bertz CT molecular complexity index is 1410. The van der Waals surface area contributed by atoms with Gasteiger partial charge in [-0.05, 0) is 56.3 Å². The lowest BCUT2D eigenvalue weighted by atomic mass is 10.1. The fourth-order valence-corrected chi connectivity index (χ4v) is 4.38. The van der Waals surface area contributed by atoms with Gasteiger partial charge in [0.25, 0.3) is 5.91 Å². The van der Waals surface area contributed by atoms with E-state index in [1.165, 1.54) is 0 Å². The molecule has 0 radical (unpaired) electrons. The summed E-state index contributed by atoms with van der Waals surface area (Å²) in [6.45, 7) is 6.92. The molecule has 0 saturated heterocycles. The largest absolute Gasteiger partial charge is 0.384 e. The minimum atomic E-state index is -0.0891. The molecule has 2 aromatic carbocycles. The van der Waals surface area contributed by atoms with Crippen molar-refractivity contribution in [2.24, 2.45) is 4.99 Å². The normalized spacial score (nSPS) is 12.6. The SMILES string of the molecule is CCN(CCNC(=O)c1ccc2[nH]c(-c3cc(N)nc4c3N=C(C)CN4)cc2c1)c1ccccc1. The van der Waals surface area contributed by atoms with Gasteiger partial charge in [0.05, 0.1) is 6.54 Å². The van der Waals surface area contributed by atoms with Gasteiger partial charge in [0.2, 0.25) is 0 Å². The van der Waals surface area contributed by atoms with E-state index in [2.05, 4.69) is 44.6 Å². The summed E-state index contributed by atoms with van der Waals surface area (Å²) < 4.78 is 0. The van der Waals surface area contributed by atoms with Gasteiger partial charge in [0, 0.05) is 58.8 Å². The van der Waals surface area contributed by atoms with E-state index >= 15 is 0 Å². The Balaban J connectivity index is 1.34. The van der Waals surface area contributed by atoms with Crippen LogP contribution in [0.4, 0.5) is 23.0 Å². The Morgan fingerprint density at radius 1 is 1.14 bits per heavy atom. The lowest BCUT2D eigenvalue weighted by Crippen LogP contribution is -2.34. The van der Waals surface area contributed by atoms with E-state index in [4.69, 9.17) is 10.7 Å². The van der Waals surface area contributed by atoms with Crippen LogP contribution in [-0.4, -0.2) is 47.8 Å². The summed E-state index contributed by atoms with van der Waals surface area (Å²) in [5.74, 6) is 1.02. The number of carbonyl (C=O) groups is 1. The zero-order valence-corrected chi connectivity index (χ0v) is 19.9. The third-order valence-electron chi connectivity index (χ3n) is 6.17. The molecule has 178 valence electrons. The van der Waals surface area contributed by atoms with Crippen LogP contribution in [0.5, 0.6) is 0 Å². The lowest BCUT2D eigenvalue weighted by molar-refractivity contribution is 0.0955. The molecule has 1 aliphatic rings. The van der Waals surface area contributed by atoms with E-state index in [9.17, 15) is 4.79 Å². The van der Waals surface area contributed by atoms with E-state index in [1.807, 2.05) is 55.5 Å². The highest BCUT2D eigenvalue weighted by Crippen LogP contribution is 2.39. The molecular formula is C27H29N7O. The highest BCUT2D eigenvalue weighted by molar-refractivity contribution is 6.01. The second kappa shape index (κ2) is 9.50. The predicted octanol–water partition coefficient (Wildman–Crippen LogP) is 4.59. The number of para-hydroxylation sites is 1. The first-order chi connectivity index (χ1) is 17.0. The Morgan fingerprint density at radius 2 is 1.97 bits per heavy atom. The van der Waals surface area contributed by atoms with Gasteiger partial charge in [-0.15, -0.1) is 0 Å². The molecule has 0 spiro atoms. The number of hydrogen-bond acceptors (Lipinski definition) is 6. The van der Waals surface area contributed by atoms with Crippen molar-refractivity contribution in [3.8, 4) is 11.3 Å². The number of likely N-dealkylation sites (N-methyl/N-ethyl adjacent to an activating group) is 1. The Morgan fingerprint density at radius 3 is 2.77 bits per heavy atom. The Hall–Kier alpha value is -4.33. The highest BCUT2D eigenvalue weighted by atomic mass is 16.1. The average molecular weight is 468 g/mol. The number of benzene rings is 2. The molecule has 0 unspecified atom stereocenters. The van der Waals surface area contributed by atoms with Gasteiger partial charge >= 0.3 is 0 Å². The van der Waals surface area contributed by atoms with E-state index in [0.717, 1.165) is 52.3 Å². The van der Waals surface area contributed by atoms with Crippen LogP contribution in [0.15, 0.2) is 65.7 Å². The van der Waals surface area contributed by atoms with Crippen LogP contribution in [-0.2, 0) is 0 Å². The number of nitrogens with one attached hydrogen (secondary N) is 3. The fraction of sp³-hybridized carbons (Fsp3) is 0.222. The number of hydrogen-bond donors (Lipinski definition) is 4. The van der Waals surface area contributed by atoms with Crippen LogP contribution in [0.25, 0.3) is 22.2 Å². The van der Waals surface area contributed by atoms with Crippen molar-refractivity contribution in [1.82, 2.24) is 15.3 Å². The number of amides is 1. The first kappa shape index (κ1) is 22.5. The first-order valence-electron chi connectivity index (χ1n) is 11.8. The smallest absolute Gasteiger partial charge is 0.251 e. The Kier molecular flexibility index (Phi) is 6.10. The zero-order chi connectivity index (χ0) is 24.4. The molecule has 2 aromatic heterocycles. The molecule has 1 aliphatic heterocycles. The molecule has 5 N–H and O–H groups in total. The number of nitrogens with two attached hydrogens (primary N) is 1. The van der Waals surface area contributed by atoms with E-state index in [0.29, 0.717) is 30.3 Å². The maximum atomic E-state index is 12.9. The summed E-state index contributed by atoms with van der Waals surface area (Å²) in [5, 5.41) is 7.26. The summed E-state index contributed by atoms with van der Waals surface area (Å²) in [5.41, 5.74) is 12.3. The van der Waals surface area contributed by atoms with Gasteiger partial charge < -0.3 is 26.3 Å². The minimum Gasteiger partial charge on any atom is -0.384 e. The number of aliphatic imine (C=N–C) groups is 1. The molecule has 4 aromatic rings. The van der Waals surface area contributed by atoms with Crippen LogP contribution in [0.1, 0.15) is 24.2 Å². The second-order valence-corrected chi connectivity index (χ2v) is 8.65. The average Bonchev–Trinajstić information content (AvgIpc) is 3.30. The van der Waals surface area contributed by atoms with Crippen LogP contribution >= 0.6 is 0 Å². The third kappa shape index (κ3) is 4.68. The number of nitrogens with zero attached hydrogens (tertiary/aromatic N) is 3. The number of anilines is 3. The number of aromatic nitrogens is 2. The van der Waals surface area contributed by atoms with Gasteiger partial charge in [-0.3, -0.25) is 9.79 Å². The van der Waals surface area contributed by atoms with Crippen LogP contribution < -0.4 is 21.3 Å². The number of carbonyl (C=O) groups excluding carboxylic acids is 1. The van der Waals surface area contributed by atoms with Crippen LogP contribution in [0, 0.1) is 0 Å². The molecular weight excluding hydrogens is 438 g/mol. The quantitative estimate of drug-likeness (QED) is 0.318. The van der Waals surface area contributed by atoms with E-state index in [-0.39, 0.29) is 5.91 Å². The van der Waals surface area contributed by atoms with Crippen molar-refractivity contribution in [3.05, 3.63) is 66.2 Å². The number of H-pyrrole nitrogens is 1. The minimum absolute atomic E-state index is 0.0891. The monoisotopic (exact) mass is 467 g/mol. The fourth-order valence-electron chi connectivity index (χ4n) is 4.38. The molecule has 5 rings (SSSR count). The van der Waals surface area contributed by atoms with Crippen LogP contribution in [0.2, 0.25) is 0 Å².